The van der Waals surface area contributed by atoms with E-state index in [1.54, 1.807) is 0 Å². The van der Waals surface area contributed by atoms with Gasteiger partial charge in [-0.3, -0.25) is 0 Å². The van der Waals surface area contributed by atoms with Gasteiger partial charge in [-0.05, 0) is 33.6 Å². The third kappa shape index (κ3) is 2.62. The van der Waals surface area contributed by atoms with Gasteiger partial charge in [0.05, 0.1) is 6.10 Å². The average Bonchev–Trinajstić information content (AvgIpc) is 2.65. The minimum Gasteiger partial charge on any atom is -0.396 e. The van der Waals surface area contributed by atoms with Crippen LogP contribution in [-0.4, -0.2) is 38.9 Å². The van der Waals surface area contributed by atoms with Gasteiger partial charge in [-0.1, -0.05) is 0 Å². The Balaban J connectivity index is 2.11. The zero-order valence-corrected chi connectivity index (χ0v) is 11.1. The summed E-state index contributed by atoms with van der Waals surface area (Å²) in [6.07, 6.45) is 1.02. The predicted octanol–water partition coefficient (Wildman–Crippen LogP) is 0.946. The topological polar surface area (TPSA) is 78.3 Å². The molecular weight excluding hydrogens is 230 g/mol. The van der Waals surface area contributed by atoms with Crippen molar-refractivity contribution in [2.24, 2.45) is 5.92 Å². The quantitative estimate of drug-likeness (QED) is 0.745. The van der Waals surface area contributed by atoms with Crippen molar-refractivity contribution in [1.82, 2.24) is 9.97 Å². The molecule has 0 amide bonds. The number of hydrogen-bond donors (Lipinski definition) is 3. The molecule has 1 aromatic rings. The van der Waals surface area contributed by atoms with E-state index in [1.165, 1.54) is 0 Å². The van der Waals surface area contributed by atoms with Crippen LogP contribution in [0.5, 0.6) is 0 Å². The monoisotopic (exact) mass is 251 g/mol. The molecule has 1 fully saturated rings. The molecule has 100 valence electrons. The zero-order chi connectivity index (χ0) is 13.3. The highest BCUT2D eigenvalue weighted by atomic mass is 16.3. The summed E-state index contributed by atoms with van der Waals surface area (Å²) in [6, 6.07) is 0.171. The molecule has 1 heterocycles. The molecule has 0 unspecified atom stereocenters. The Morgan fingerprint density at radius 2 is 1.94 bits per heavy atom. The first-order chi connectivity index (χ1) is 8.51. The number of rotatable bonds is 3. The minimum absolute atomic E-state index is 0.0214. The molecule has 5 nitrogen and oxygen atoms in total. The minimum atomic E-state index is -0.420. The first-order valence-corrected chi connectivity index (χ1v) is 6.38. The maximum atomic E-state index is 9.78. The van der Waals surface area contributed by atoms with Gasteiger partial charge in [0, 0.05) is 29.8 Å². The molecule has 5 heteroatoms. The number of aromatic nitrogens is 2. The van der Waals surface area contributed by atoms with Crippen LogP contribution in [0.25, 0.3) is 0 Å². The van der Waals surface area contributed by atoms with Crippen LogP contribution in [0.4, 0.5) is 5.82 Å². The largest absolute Gasteiger partial charge is 0.396 e. The van der Waals surface area contributed by atoms with Gasteiger partial charge >= 0.3 is 0 Å². The summed E-state index contributed by atoms with van der Waals surface area (Å²) < 4.78 is 0. The Morgan fingerprint density at radius 3 is 2.56 bits per heavy atom. The number of hydrogen-bond acceptors (Lipinski definition) is 5. The summed E-state index contributed by atoms with van der Waals surface area (Å²) >= 11 is 0. The zero-order valence-electron chi connectivity index (χ0n) is 11.1. The smallest absolute Gasteiger partial charge is 0.133 e. The molecule has 18 heavy (non-hydrogen) atoms. The van der Waals surface area contributed by atoms with E-state index in [0.29, 0.717) is 6.42 Å². The fourth-order valence-electron chi connectivity index (χ4n) is 2.52. The van der Waals surface area contributed by atoms with Crippen LogP contribution in [0.15, 0.2) is 0 Å². The van der Waals surface area contributed by atoms with E-state index in [4.69, 9.17) is 5.11 Å². The lowest BCUT2D eigenvalue weighted by atomic mass is 10.1. The van der Waals surface area contributed by atoms with Gasteiger partial charge in [0.1, 0.15) is 11.6 Å². The second-order valence-corrected chi connectivity index (χ2v) is 5.15. The Kier molecular flexibility index (Phi) is 3.82. The Morgan fingerprint density at radius 1 is 1.22 bits per heavy atom. The molecule has 1 aliphatic carbocycles. The van der Waals surface area contributed by atoms with Crippen LogP contribution in [0, 0.1) is 26.7 Å². The fraction of sp³-hybridized carbons (Fsp3) is 0.692. The van der Waals surface area contributed by atoms with E-state index < -0.39 is 6.10 Å². The van der Waals surface area contributed by atoms with E-state index in [2.05, 4.69) is 15.3 Å². The highest BCUT2D eigenvalue weighted by molar-refractivity contribution is 5.46. The lowest BCUT2D eigenvalue weighted by molar-refractivity contribution is 0.0908. The van der Waals surface area contributed by atoms with E-state index >= 15 is 0 Å². The van der Waals surface area contributed by atoms with Gasteiger partial charge in [0.25, 0.3) is 0 Å². The van der Waals surface area contributed by atoms with E-state index in [1.807, 2.05) is 20.8 Å². The highest BCUT2D eigenvalue weighted by Crippen LogP contribution is 2.28. The molecule has 2 rings (SSSR count). The average molecular weight is 251 g/mol. The third-order valence-electron chi connectivity index (χ3n) is 3.73. The molecule has 0 bridgehead atoms. The molecule has 0 saturated heterocycles. The van der Waals surface area contributed by atoms with Gasteiger partial charge in [-0.2, -0.15) is 0 Å². The lowest BCUT2D eigenvalue weighted by Crippen LogP contribution is -2.19. The van der Waals surface area contributed by atoms with Crippen LogP contribution in [0.1, 0.15) is 29.9 Å². The van der Waals surface area contributed by atoms with Crippen molar-refractivity contribution in [2.75, 3.05) is 11.9 Å². The van der Waals surface area contributed by atoms with Crippen molar-refractivity contribution in [3.05, 3.63) is 17.1 Å². The first-order valence-electron chi connectivity index (χ1n) is 6.38. The third-order valence-corrected chi connectivity index (χ3v) is 3.73. The van der Waals surface area contributed by atoms with Gasteiger partial charge in [0.2, 0.25) is 0 Å². The molecule has 1 saturated carbocycles. The summed E-state index contributed by atoms with van der Waals surface area (Å²) in [4.78, 5) is 8.72. The Labute approximate surface area is 107 Å². The number of nitrogens with one attached hydrogen (secondary N) is 1. The molecule has 3 atom stereocenters. The van der Waals surface area contributed by atoms with Gasteiger partial charge < -0.3 is 15.5 Å². The van der Waals surface area contributed by atoms with Crippen molar-refractivity contribution < 1.29 is 10.2 Å². The molecule has 0 spiro atoms. The normalized spacial score (nSPS) is 27.5. The maximum absolute atomic E-state index is 9.78. The summed E-state index contributed by atoms with van der Waals surface area (Å²) in [7, 11) is 0. The molecule has 0 aliphatic heterocycles. The first kappa shape index (κ1) is 13.2. The number of aryl methyl sites for hydroxylation is 2. The van der Waals surface area contributed by atoms with Crippen molar-refractivity contribution in [2.45, 2.75) is 45.8 Å². The SMILES string of the molecule is Cc1nc(C)c(C)c(N[C@@H]2C[C@H](CO)[C@@H](O)C2)n1. The number of nitrogens with zero attached hydrogens (tertiary/aromatic N) is 2. The Bertz CT molecular complexity index is 436. The van der Waals surface area contributed by atoms with E-state index in [-0.39, 0.29) is 18.6 Å². The van der Waals surface area contributed by atoms with Crippen LogP contribution >= 0.6 is 0 Å². The Hall–Kier alpha value is -1.20. The van der Waals surface area contributed by atoms with Crippen molar-refractivity contribution in [1.29, 1.82) is 0 Å². The molecule has 3 N–H and O–H groups in total. The van der Waals surface area contributed by atoms with Gasteiger partial charge in [-0.15, -0.1) is 0 Å². The molecule has 0 radical (unpaired) electrons. The van der Waals surface area contributed by atoms with Crippen molar-refractivity contribution in [3.63, 3.8) is 0 Å². The lowest BCUT2D eigenvalue weighted by Gasteiger charge is -2.16. The van der Waals surface area contributed by atoms with Crippen LogP contribution in [-0.2, 0) is 0 Å². The molecular formula is C13H21N3O2. The summed E-state index contributed by atoms with van der Waals surface area (Å²) in [5, 5.41) is 22.3. The van der Waals surface area contributed by atoms with E-state index in [0.717, 1.165) is 29.3 Å². The summed E-state index contributed by atoms with van der Waals surface area (Å²) in [6.45, 7) is 5.87. The highest BCUT2D eigenvalue weighted by Gasteiger charge is 2.32. The van der Waals surface area contributed by atoms with Crippen LogP contribution in [0.2, 0.25) is 0 Å². The standard InChI is InChI=1S/C13H21N3O2/c1-7-8(2)14-9(3)15-13(7)16-11-4-10(6-17)12(18)5-11/h10-12,17-18H,4-6H2,1-3H3,(H,14,15,16)/t10-,11-,12+/m1/s1. The molecule has 0 aromatic carbocycles. The maximum Gasteiger partial charge on any atom is 0.133 e. The predicted molar refractivity (Wildman–Crippen MR) is 69.5 cm³/mol. The van der Waals surface area contributed by atoms with Crippen molar-refractivity contribution in [3.8, 4) is 0 Å². The fourth-order valence-corrected chi connectivity index (χ4v) is 2.52. The second kappa shape index (κ2) is 5.20. The second-order valence-electron chi connectivity index (χ2n) is 5.15. The van der Waals surface area contributed by atoms with Crippen LogP contribution in [0.3, 0.4) is 0 Å². The van der Waals surface area contributed by atoms with Gasteiger partial charge in [-0.25, -0.2) is 9.97 Å². The number of aliphatic hydroxyl groups excluding tert-OH is 2. The molecule has 1 aromatic heterocycles. The number of anilines is 1. The van der Waals surface area contributed by atoms with Gasteiger partial charge in [0.15, 0.2) is 0 Å². The van der Waals surface area contributed by atoms with Crippen molar-refractivity contribution >= 4 is 5.82 Å². The number of aliphatic hydroxyl groups is 2. The molecule has 1 aliphatic rings. The summed E-state index contributed by atoms with van der Waals surface area (Å²) in [5.74, 6) is 1.57. The van der Waals surface area contributed by atoms with E-state index in [9.17, 15) is 5.11 Å². The van der Waals surface area contributed by atoms with Crippen LogP contribution < -0.4 is 5.32 Å². The summed E-state index contributed by atoms with van der Waals surface area (Å²) in [5.41, 5.74) is 2.02.